The maximum Gasteiger partial charge on any atom is 0.261 e. The van der Waals surface area contributed by atoms with Crippen LogP contribution in [0, 0.1) is 0 Å². The van der Waals surface area contributed by atoms with Crippen LogP contribution in [-0.2, 0) is 12.4 Å². The van der Waals surface area contributed by atoms with Crippen LogP contribution in [-0.4, -0.2) is 9.55 Å². The van der Waals surface area contributed by atoms with Crippen LogP contribution in [0.15, 0.2) is 53.3 Å². The van der Waals surface area contributed by atoms with Gasteiger partial charge in [0.05, 0.1) is 23.3 Å². The summed E-state index contributed by atoms with van der Waals surface area (Å²) in [6, 6.07) is 14.7. The monoisotopic (exact) mass is 318 g/mol. The van der Waals surface area contributed by atoms with Crippen LogP contribution in [0.1, 0.15) is 11.4 Å². The van der Waals surface area contributed by atoms with Gasteiger partial charge in [-0.1, -0.05) is 41.9 Å². The molecule has 1 aromatic heterocycles. The van der Waals surface area contributed by atoms with Crippen molar-refractivity contribution in [3.8, 4) is 0 Å². The van der Waals surface area contributed by atoms with Crippen LogP contribution >= 0.6 is 23.2 Å². The standard InChI is InChI=1S/C16H12Cl2N2O/c17-9-15-19-14-8-4-2-6-12(14)16(21)20(15)10-11-5-1-3-7-13(11)18/h1-8H,9-10H2. The van der Waals surface area contributed by atoms with E-state index in [-0.39, 0.29) is 11.4 Å². The first kappa shape index (κ1) is 14.1. The van der Waals surface area contributed by atoms with Crippen LogP contribution in [0.5, 0.6) is 0 Å². The van der Waals surface area contributed by atoms with Crippen molar-refractivity contribution in [2.75, 3.05) is 0 Å². The lowest BCUT2D eigenvalue weighted by atomic mass is 10.2. The van der Waals surface area contributed by atoms with Gasteiger partial charge in [-0.2, -0.15) is 0 Å². The number of halogens is 2. The van der Waals surface area contributed by atoms with E-state index < -0.39 is 0 Å². The predicted molar refractivity (Wildman–Crippen MR) is 86.1 cm³/mol. The third kappa shape index (κ3) is 2.67. The van der Waals surface area contributed by atoms with E-state index in [1.54, 1.807) is 16.7 Å². The molecule has 0 atom stereocenters. The van der Waals surface area contributed by atoms with Gasteiger partial charge in [0.15, 0.2) is 0 Å². The number of nitrogens with zero attached hydrogens (tertiary/aromatic N) is 2. The fraction of sp³-hybridized carbons (Fsp3) is 0.125. The molecule has 0 saturated carbocycles. The van der Waals surface area contributed by atoms with Gasteiger partial charge in [0.2, 0.25) is 0 Å². The zero-order valence-corrected chi connectivity index (χ0v) is 12.6. The van der Waals surface area contributed by atoms with Crippen molar-refractivity contribution in [3.05, 3.63) is 75.3 Å². The van der Waals surface area contributed by atoms with Gasteiger partial charge in [0, 0.05) is 5.02 Å². The van der Waals surface area contributed by atoms with Crippen molar-refractivity contribution in [1.29, 1.82) is 0 Å². The highest BCUT2D eigenvalue weighted by atomic mass is 35.5. The van der Waals surface area contributed by atoms with E-state index in [0.29, 0.717) is 28.3 Å². The molecule has 0 saturated heterocycles. The van der Waals surface area contributed by atoms with Crippen LogP contribution in [0.2, 0.25) is 5.02 Å². The third-order valence-corrected chi connectivity index (χ3v) is 3.95. The van der Waals surface area contributed by atoms with Crippen molar-refractivity contribution in [2.45, 2.75) is 12.4 Å². The Labute approximate surface area is 131 Å². The molecule has 0 aliphatic rings. The molecule has 0 spiro atoms. The second kappa shape index (κ2) is 5.88. The lowest BCUT2D eigenvalue weighted by molar-refractivity contribution is 0.706. The molecule has 0 fully saturated rings. The summed E-state index contributed by atoms with van der Waals surface area (Å²) in [5.74, 6) is 0.713. The van der Waals surface area contributed by atoms with E-state index in [1.165, 1.54) is 0 Å². The lowest BCUT2D eigenvalue weighted by Gasteiger charge is -2.12. The minimum absolute atomic E-state index is 0.101. The van der Waals surface area contributed by atoms with Crippen molar-refractivity contribution in [3.63, 3.8) is 0 Å². The zero-order chi connectivity index (χ0) is 14.8. The topological polar surface area (TPSA) is 34.9 Å². The van der Waals surface area contributed by atoms with Crippen LogP contribution < -0.4 is 5.56 Å². The van der Waals surface area contributed by atoms with Gasteiger partial charge in [-0.25, -0.2) is 4.98 Å². The molecule has 3 rings (SSSR count). The Bertz CT molecular complexity index is 858. The molecule has 0 unspecified atom stereocenters. The number of hydrogen-bond acceptors (Lipinski definition) is 2. The molecule has 0 aliphatic carbocycles. The first-order valence-electron chi connectivity index (χ1n) is 6.48. The number of para-hydroxylation sites is 1. The number of fused-ring (bicyclic) bond motifs is 1. The number of alkyl halides is 1. The van der Waals surface area contributed by atoms with Crippen molar-refractivity contribution in [1.82, 2.24) is 9.55 Å². The molecule has 0 radical (unpaired) electrons. The van der Waals surface area contributed by atoms with E-state index in [0.717, 1.165) is 5.56 Å². The molecule has 5 heteroatoms. The maximum absolute atomic E-state index is 12.6. The van der Waals surface area contributed by atoms with Crippen molar-refractivity contribution >= 4 is 34.1 Å². The summed E-state index contributed by atoms with van der Waals surface area (Å²) in [4.78, 5) is 17.1. The summed E-state index contributed by atoms with van der Waals surface area (Å²) in [5, 5.41) is 1.21. The Kier molecular flexibility index (Phi) is 3.95. The molecule has 0 amide bonds. The number of rotatable bonds is 3. The molecule has 1 heterocycles. The minimum atomic E-state index is -0.101. The second-order valence-electron chi connectivity index (χ2n) is 4.66. The Hall–Kier alpha value is -1.84. The highest BCUT2D eigenvalue weighted by Crippen LogP contribution is 2.17. The number of aromatic nitrogens is 2. The number of hydrogen-bond donors (Lipinski definition) is 0. The Morgan fingerprint density at radius 3 is 2.52 bits per heavy atom. The maximum atomic E-state index is 12.6. The largest absolute Gasteiger partial charge is 0.291 e. The third-order valence-electron chi connectivity index (χ3n) is 3.35. The summed E-state index contributed by atoms with van der Waals surface area (Å²) in [6.07, 6.45) is 0. The molecule has 3 nitrogen and oxygen atoms in total. The van der Waals surface area contributed by atoms with Gasteiger partial charge >= 0.3 is 0 Å². The van der Waals surface area contributed by atoms with Crippen LogP contribution in [0.25, 0.3) is 10.9 Å². The Balaban J connectivity index is 2.20. The van der Waals surface area contributed by atoms with Gasteiger partial charge in [-0.05, 0) is 23.8 Å². The fourth-order valence-corrected chi connectivity index (χ4v) is 2.68. The highest BCUT2D eigenvalue weighted by Gasteiger charge is 2.11. The highest BCUT2D eigenvalue weighted by molar-refractivity contribution is 6.31. The molecule has 0 N–H and O–H groups in total. The predicted octanol–water partition coefficient (Wildman–Crippen LogP) is 3.84. The van der Waals surface area contributed by atoms with Crippen molar-refractivity contribution in [2.24, 2.45) is 0 Å². The summed E-state index contributed by atoms with van der Waals surface area (Å²) in [6.45, 7) is 0.360. The summed E-state index contributed by atoms with van der Waals surface area (Å²) in [7, 11) is 0. The normalized spacial score (nSPS) is 11.0. The lowest BCUT2D eigenvalue weighted by Crippen LogP contribution is -2.25. The molecule has 0 bridgehead atoms. The second-order valence-corrected chi connectivity index (χ2v) is 5.34. The van der Waals surface area contributed by atoms with Gasteiger partial charge in [0.25, 0.3) is 5.56 Å². The van der Waals surface area contributed by atoms with Gasteiger partial charge in [0.1, 0.15) is 5.82 Å². The van der Waals surface area contributed by atoms with E-state index in [2.05, 4.69) is 4.98 Å². The number of benzene rings is 2. The average Bonchev–Trinajstić information content (AvgIpc) is 2.52. The molecule has 106 valence electrons. The quantitative estimate of drug-likeness (QED) is 0.688. The molecule has 0 aliphatic heterocycles. The molecular weight excluding hydrogens is 307 g/mol. The van der Waals surface area contributed by atoms with E-state index in [4.69, 9.17) is 23.2 Å². The minimum Gasteiger partial charge on any atom is -0.291 e. The van der Waals surface area contributed by atoms with Crippen LogP contribution in [0.3, 0.4) is 0 Å². The Morgan fingerprint density at radius 1 is 1.05 bits per heavy atom. The Morgan fingerprint density at radius 2 is 1.76 bits per heavy atom. The first-order chi connectivity index (χ1) is 10.2. The smallest absolute Gasteiger partial charge is 0.261 e. The molecule has 2 aromatic carbocycles. The van der Waals surface area contributed by atoms with Gasteiger partial charge < -0.3 is 0 Å². The van der Waals surface area contributed by atoms with Crippen molar-refractivity contribution < 1.29 is 0 Å². The summed E-state index contributed by atoms with van der Waals surface area (Å²) >= 11 is 12.1. The van der Waals surface area contributed by atoms with Gasteiger partial charge in [-0.15, -0.1) is 11.6 Å². The zero-order valence-electron chi connectivity index (χ0n) is 11.1. The average molecular weight is 319 g/mol. The molecule has 3 aromatic rings. The van der Waals surface area contributed by atoms with Gasteiger partial charge in [-0.3, -0.25) is 9.36 Å². The first-order valence-corrected chi connectivity index (χ1v) is 7.40. The molecule has 21 heavy (non-hydrogen) atoms. The summed E-state index contributed by atoms with van der Waals surface area (Å²) in [5.41, 5.74) is 1.43. The van der Waals surface area contributed by atoms with Crippen LogP contribution in [0.4, 0.5) is 0 Å². The summed E-state index contributed by atoms with van der Waals surface area (Å²) < 4.78 is 1.58. The molecular formula is C16H12Cl2N2O. The SMILES string of the molecule is O=c1c2ccccc2nc(CCl)n1Cc1ccccc1Cl. The van der Waals surface area contributed by atoms with E-state index >= 15 is 0 Å². The van der Waals surface area contributed by atoms with E-state index in [9.17, 15) is 4.79 Å². The van der Waals surface area contributed by atoms with E-state index in [1.807, 2.05) is 36.4 Å². The fourth-order valence-electron chi connectivity index (χ4n) is 2.28.